The van der Waals surface area contributed by atoms with Gasteiger partial charge in [0.15, 0.2) is 0 Å². The first-order chi connectivity index (χ1) is 6.93. The van der Waals surface area contributed by atoms with Gasteiger partial charge in [-0.15, -0.1) is 0 Å². The van der Waals surface area contributed by atoms with E-state index in [0.717, 1.165) is 0 Å². The predicted octanol–water partition coefficient (Wildman–Crippen LogP) is 3.65. The van der Waals surface area contributed by atoms with Gasteiger partial charge in [0.25, 0.3) is 5.92 Å². The average Bonchev–Trinajstić information content (AvgIpc) is 2.43. The third kappa shape index (κ3) is 1.71. The maximum absolute atomic E-state index is 13.7. The van der Waals surface area contributed by atoms with Gasteiger partial charge in [-0.3, -0.25) is 4.68 Å². The van der Waals surface area contributed by atoms with Crippen LogP contribution in [-0.4, -0.2) is 9.78 Å². The van der Waals surface area contributed by atoms with E-state index in [1.165, 1.54) is 0 Å². The molecule has 0 spiro atoms. The minimum Gasteiger partial charge on any atom is -0.265 e. The Balaban J connectivity index is 2.59. The van der Waals surface area contributed by atoms with Gasteiger partial charge >= 0.3 is 0 Å². The Bertz CT molecular complexity index is 385. The topological polar surface area (TPSA) is 17.8 Å². The molecule has 0 amide bonds. The van der Waals surface area contributed by atoms with Crippen molar-refractivity contribution in [3.05, 3.63) is 15.9 Å². The molecule has 0 aromatic carbocycles. The summed E-state index contributed by atoms with van der Waals surface area (Å²) in [5.41, 5.74) is 0.788. The van der Waals surface area contributed by atoms with Crippen LogP contribution in [0.25, 0.3) is 0 Å². The Morgan fingerprint density at radius 3 is 2.73 bits per heavy atom. The first-order valence-corrected chi connectivity index (χ1v) is 5.88. The molecular formula is C10H13BrF2N2. The highest BCUT2D eigenvalue weighted by molar-refractivity contribution is 9.10. The Morgan fingerprint density at radius 2 is 2.13 bits per heavy atom. The maximum atomic E-state index is 13.7. The van der Waals surface area contributed by atoms with Gasteiger partial charge in [-0.05, 0) is 42.6 Å². The molecule has 0 fully saturated rings. The van der Waals surface area contributed by atoms with Crippen LogP contribution in [0.3, 0.4) is 0 Å². The highest BCUT2D eigenvalue weighted by atomic mass is 79.9. The molecule has 1 aliphatic rings. The summed E-state index contributed by atoms with van der Waals surface area (Å²) in [5.74, 6) is -2.72. The van der Waals surface area contributed by atoms with Crippen LogP contribution < -0.4 is 0 Å². The van der Waals surface area contributed by atoms with Gasteiger partial charge in [0.05, 0.1) is 5.56 Å². The summed E-state index contributed by atoms with van der Waals surface area (Å²) in [7, 11) is 0. The van der Waals surface area contributed by atoms with Crippen molar-refractivity contribution in [3.8, 4) is 0 Å². The van der Waals surface area contributed by atoms with Gasteiger partial charge in [0.1, 0.15) is 4.60 Å². The second kappa shape index (κ2) is 3.54. The molecule has 0 bridgehead atoms. The summed E-state index contributed by atoms with van der Waals surface area (Å²) in [6, 6.07) is 0.124. The molecule has 84 valence electrons. The van der Waals surface area contributed by atoms with Crippen molar-refractivity contribution in [1.29, 1.82) is 0 Å². The second-order valence-electron chi connectivity index (χ2n) is 4.21. The molecule has 2 nitrogen and oxygen atoms in total. The Hall–Kier alpha value is -0.450. The van der Waals surface area contributed by atoms with Crippen molar-refractivity contribution in [1.82, 2.24) is 9.78 Å². The lowest BCUT2D eigenvalue weighted by atomic mass is 9.94. The number of aromatic nitrogens is 2. The third-order valence-electron chi connectivity index (χ3n) is 2.73. The standard InChI is InChI=1S/C10H13BrF2N2/c1-6(2)15-7-4-3-5-10(12,13)8(7)9(11)14-15/h6H,3-5H2,1-2H3. The van der Waals surface area contributed by atoms with E-state index in [1.807, 2.05) is 13.8 Å². The first kappa shape index (κ1) is 11.0. The number of hydrogen-bond donors (Lipinski definition) is 0. The van der Waals surface area contributed by atoms with Gasteiger partial charge in [-0.2, -0.15) is 5.10 Å². The summed E-state index contributed by atoms with van der Waals surface area (Å²) in [6.07, 6.45) is 1.16. The number of rotatable bonds is 1. The zero-order valence-corrected chi connectivity index (χ0v) is 10.3. The quantitative estimate of drug-likeness (QED) is 0.767. The minimum atomic E-state index is -2.72. The van der Waals surface area contributed by atoms with Crippen LogP contribution >= 0.6 is 15.9 Å². The summed E-state index contributed by atoms with van der Waals surface area (Å²) in [4.78, 5) is 0. The fraction of sp³-hybridized carbons (Fsp3) is 0.700. The largest absolute Gasteiger partial charge is 0.277 e. The monoisotopic (exact) mass is 278 g/mol. The molecule has 2 rings (SSSR count). The van der Waals surface area contributed by atoms with E-state index in [9.17, 15) is 8.78 Å². The summed E-state index contributed by atoms with van der Waals surface area (Å²) >= 11 is 3.13. The fourth-order valence-corrected chi connectivity index (χ4v) is 2.76. The Kier molecular flexibility index (Phi) is 2.61. The molecule has 0 aliphatic heterocycles. The number of fused-ring (bicyclic) bond motifs is 1. The highest BCUT2D eigenvalue weighted by Crippen LogP contribution is 2.44. The van der Waals surface area contributed by atoms with E-state index in [2.05, 4.69) is 21.0 Å². The summed E-state index contributed by atoms with van der Waals surface area (Å²) in [5, 5.41) is 4.14. The molecule has 15 heavy (non-hydrogen) atoms. The van der Waals surface area contributed by atoms with Crippen molar-refractivity contribution >= 4 is 15.9 Å². The Morgan fingerprint density at radius 1 is 1.47 bits per heavy atom. The predicted molar refractivity (Wildman–Crippen MR) is 57.1 cm³/mol. The van der Waals surface area contributed by atoms with Crippen molar-refractivity contribution in [2.45, 2.75) is 45.1 Å². The molecule has 0 saturated carbocycles. The number of hydrogen-bond acceptors (Lipinski definition) is 1. The van der Waals surface area contributed by atoms with Gasteiger partial charge < -0.3 is 0 Å². The molecule has 5 heteroatoms. The van der Waals surface area contributed by atoms with Crippen LogP contribution in [0.15, 0.2) is 4.60 Å². The molecule has 1 aliphatic carbocycles. The van der Waals surface area contributed by atoms with Crippen molar-refractivity contribution in [2.24, 2.45) is 0 Å². The minimum absolute atomic E-state index is 0.0671. The molecule has 0 atom stereocenters. The zero-order chi connectivity index (χ0) is 11.2. The summed E-state index contributed by atoms with van der Waals surface area (Å²) < 4.78 is 29.3. The molecule has 1 heterocycles. The molecular weight excluding hydrogens is 266 g/mol. The SMILES string of the molecule is CC(C)n1nc(Br)c2c1CCCC2(F)F. The molecule has 0 unspecified atom stereocenters. The van der Waals surface area contributed by atoms with Crippen LogP contribution in [0.5, 0.6) is 0 Å². The number of halogens is 3. The molecule has 1 aromatic rings. The lowest BCUT2D eigenvalue weighted by Crippen LogP contribution is -2.22. The van der Waals surface area contributed by atoms with Gasteiger partial charge in [-0.1, -0.05) is 0 Å². The number of alkyl halides is 2. The van der Waals surface area contributed by atoms with E-state index in [-0.39, 0.29) is 18.0 Å². The lowest BCUT2D eigenvalue weighted by Gasteiger charge is -2.23. The normalized spacial score (nSPS) is 19.3. The lowest BCUT2D eigenvalue weighted by molar-refractivity contribution is -0.0228. The van der Waals surface area contributed by atoms with Crippen LogP contribution in [-0.2, 0) is 12.3 Å². The van der Waals surface area contributed by atoms with Gasteiger partial charge in [-0.25, -0.2) is 8.78 Å². The number of nitrogens with zero attached hydrogens (tertiary/aromatic N) is 2. The van der Waals surface area contributed by atoms with E-state index >= 15 is 0 Å². The van der Waals surface area contributed by atoms with Crippen LogP contribution in [0.1, 0.15) is 44.0 Å². The van der Waals surface area contributed by atoms with Crippen LogP contribution in [0.2, 0.25) is 0 Å². The van der Waals surface area contributed by atoms with Gasteiger partial charge in [0, 0.05) is 18.2 Å². The van der Waals surface area contributed by atoms with Crippen molar-refractivity contribution in [2.75, 3.05) is 0 Å². The average molecular weight is 279 g/mol. The van der Waals surface area contributed by atoms with E-state index in [0.29, 0.717) is 23.1 Å². The van der Waals surface area contributed by atoms with Crippen LogP contribution in [0, 0.1) is 0 Å². The summed E-state index contributed by atoms with van der Waals surface area (Å²) in [6.45, 7) is 3.90. The molecule has 0 radical (unpaired) electrons. The van der Waals surface area contributed by atoms with E-state index < -0.39 is 5.92 Å². The van der Waals surface area contributed by atoms with E-state index in [1.54, 1.807) is 4.68 Å². The van der Waals surface area contributed by atoms with Crippen molar-refractivity contribution in [3.63, 3.8) is 0 Å². The molecule has 0 N–H and O–H groups in total. The van der Waals surface area contributed by atoms with Crippen molar-refractivity contribution < 1.29 is 8.78 Å². The molecule has 0 saturated heterocycles. The fourth-order valence-electron chi connectivity index (χ4n) is 2.07. The molecule has 1 aromatic heterocycles. The van der Waals surface area contributed by atoms with Gasteiger partial charge in [0.2, 0.25) is 0 Å². The Labute approximate surface area is 95.8 Å². The highest BCUT2D eigenvalue weighted by Gasteiger charge is 2.41. The first-order valence-electron chi connectivity index (χ1n) is 5.08. The van der Waals surface area contributed by atoms with Crippen LogP contribution in [0.4, 0.5) is 8.78 Å². The third-order valence-corrected chi connectivity index (χ3v) is 3.28. The zero-order valence-electron chi connectivity index (χ0n) is 8.73. The second-order valence-corrected chi connectivity index (χ2v) is 4.96. The van der Waals surface area contributed by atoms with E-state index in [4.69, 9.17) is 0 Å². The maximum Gasteiger partial charge on any atom is 0.277 e. The smallest absolute Gasteiger partial charge is 0.265 e.